The minimum atomic E-state index is -3.55. The summed E-state index contributed by atoms with van der Waals surface area (Å²) in [4.78, 5) is 11.0. The Morgan fingerprint density at radius 2 is 2.20 bits per heavy atom. The van der Waals surface area contributed by atoms with Gasteiger partial charge in [0.25, 0.3) is 0 Å². The summed E-state index contributed by atoms with van der Waals surface area (Å²) in [5, 5.41) is 10.3. The summed E-state index contributed by atoms with van der Waals surface area (Å²) in [6, 6.07) is 1.25. The lowest BCUT2D eigenvalue weighted by molar-refractivity contribution is 0.0702. The fraction of sp³-hybridized carbons (Fsp3) is 0.615. The van der Waals surface area contributed by atoms with E-state index in [0.29, 0.717) is 19.0 Å². The van der Waals surface area contributed by atoms with Crippen LogP contribution in [0.4, 0.5) is 0 Å². The van der Waals surface area contributed by atoms with E-state index in [9.17, 15) is 13.2 Å². The molecule has 1 aromatic heterocycles. The molecule has 1 saturated heterocycles. The number of carboxylic acid groups (broad SMARTS) is 1. The number of aromatic carboxylic acids is 1. The standard InChI is InChI=1S/C13H19NO4S2/c1-2-10-4-3-6-14(7-5-10)20(17,18)11-8-12(13(15)16)19-9-11/h8-10H,2-7H2,1H3,(H,15,16). The van der Waals surface area contributed by atoms with Gasteiger partial charge in [-0.2, -0.15) is 4.31 Å². The second-order valence-electron chi connectivity index (χ2n) is 5.06. The molecule has 2 rings (SSSR count). The number of hydrogen-bond donors (Lipinski definition) is 1. The predicted octanol–water partition coefficient (Wildman–Crippen LogP) is 2.65. The number of sulfonamides is 1. The fourth-order valence-corrected chi connectivity index (χ4v) is 5.10. The predicted molar refractivity (Wildman–Crippen MR) is 77.7 cm³/mol. The number of thiophene rings is 1. The first kappa shape index (κ1) is 15.5. The maximum absolute atomic E-state index is 12.5. The van der Waals surface area contributed by atoms with Gasteiger partial charge in [0.2, 0.25) is 10.0 Å². The van der Waals surface area contributed by atoms with Crippen molar-refractivity contribution in [3.8, 4) is 0 Å². The van der Waals surface area contributed by atoms with Crippen molar-refractivity contribution in [1.82, 2.24) is 4.31 Å². The third kappa shape index (κ3) is 3.21. The monoisotopic (exact) mass is 317 g/mol. The highest BCUT2D eigenvalue weighted by molar-refractivity contribution is 7.89. The summed E-state index contributed by atoms with van der Waals surface area (Å²) in [6.45, 7) is 3.18. The second kappa shape index (κ2) is 6.24. The van der Waals surface area contributed by atoms with Gasteiger partial charge in [0.1, 0.15) is 4.88 Å². The lowest BCUT2D eigenvalue weighted by Crippen LogP contribution is -2.31. The Labute approximate surface area is 123 Å². The van der Waals surface area contributed by atoms with Crippen LogP contribution in [-0.4, -0.2) is 36.9 Å². The van der Waals surface area contributed by atoms with E-state index in [1.807, 2.05) is 0 Å². The zero-order valence-corrected chi connectivity index (χ0v) is 13.0. The molecule has 0 aliphatic carbocycles. The van der Waals surface area contributed by atoms with Gasteiger partial charge in [-0.05, 0) is 31.2 Å². The molecule has 1 unspecified atom stereocenters. The van der Waals surface area contributed by atoms with Crippen LogP contribution in [0.1, 0.15) is 42.3 Å². The normalized spacial score (nSPS) is 21.6. The summed E-state index contributed by atoms with van der Waals surface area (Å²) in [6.07, 6.45) is 3.89. The average Bonchev–Trinajstić information content (AvgIpc) is 2.78. The first-order valence-corrected chi connectivity index (χ1v) is 9.09. The first-order chi connectivity index (χ1) is 9.45. The van der Waals surface area contributed by atoms with Crippen LogP contribution in [0.3, 0.4) is 0 Å². The lowest BCUT2D eigenvalue weighted by atomic mass is 9.98. The van der Waals surface area contributed by atoms with Gasteiger partial charge < -0.3 is 5.11 Å². The van der Waals surface area contributed by atoms with Crippen LogP contribution in [0.25, 0.3) is 0 Å². The Morgan fingerprint density at radius 3 is 2.80 bits per heavy atom. The number of hydrogen-bond acceptors (Lipinski definition) is 4. The minimum Gasteiger partial charge on any atom is -0.477 e. The van der Waals surface area contributed by atoms with Crippen LogP contribution in [0.2, 0.25) is 0 Å². The molecule has 1 aliphatic rings. The molecular formula is C13H19NO4S2. The Kier molecular flexibility index (Phi) is 4.82. The number of rotatable bonds is 4. The molecule has 5 nitrogen and oxygen atoms in total. The van der Waals surface area contributed by atoms with Crippen molar-refractivity contribution in [2.45, 2.75) is 37.5 Å². The van der Waals surface area contributed by atoms with Gasteiger partial charge >= 0.3 is 5.97 Å². The van der Waals surface area contributed by atoms with E-state index < -0.39 is 16.0 Å². The molecular weight excluding hydrogens is 298 g/mol. The van der Waals surface area contributed by atoms with E-state index in [0.717, 1.165) is 37.0 Å². The van der Waals surface area contributed by atoms with Crippen molar-refractivity contribution < 1.29 is 18.3 Å². The van der Waals surface area contributed by atoms with Crippen molar-refractivity contribution in [1.29, 1.82) is 0 Å². The Hall–Kier alpha value is -0.920. The van der Waals surface area contributed by atoms with Gasteiger partial charge in [-0.15, -0.1) is 11.3 Å². The van der Waals surface area contributed by atoms with Crippen molar-refractivity contribution in [3.05, 3.63) is 16.3 Å². The van der Waals surface area contributed by atoms with E-state index >= 15 is 0 Å². The quantitative estimate of drug-likeness (QED) is 0.926. The lowest BCUT2D eigenvalue weighted by Gasteiger charge is -2.19. The smallest absolute Gasteiger partial charge is 0.345 e. The molecule has 112 valence electrons. The van der Waals surface area contributed by atoms with Crippen molar-refractivity contribution >= 4 is 27.3 Å². The average molecular weight is 317 g/mol. The van der Waals surface area contributed by atoms with Crippen LogP contribution in [0, 0.1) is 5.92 Å². The van der Waals surface area contributed by atoms with Gasteiger partial charge in [-0.3, -0.25) is 0 Å². The first-order valence-electron chi connectivity index (χ1n) is 6.77. The van der Waals surface area contributed by atoms with Crippen molar-refractivity contribution in [2.24, 2.45) is 5.92 Å². The molecule has 0 bridgehead atoms. The molecule has 1 aliphatic heterocycles. The third-order valence-electron chi connectivity index (χ3n) is 3.81. The van der Waals surface area contributed by atoms with E-state index in [1.54, 1.807) is 0 Å². The molecule has 0 amide bonds. The minimum absolute atomic E-state index is 0.0600. The van der Waals surface area contributed by atoms with Gasteiger partial charge in [0.05, 0.1) is 4.90 Å². The van der Waals surface area contributed by atoms with E-state index in [1.165, 1.54) is 15.8 Å². The Bertz CT molecular complexity index is 579. The van der Waals surface area contributed by atoms with Crippen LogP contribution in [0.5, 0.6) is 0 Å². The summed E-state index contributed by atoms with van der Waals surface area (Å²) in [5.41, 5.74) is 0. The van der Waals surface area contributed by atoms with Crippen LogP contribution in [0.15, 0.2) is 16.3 Å². The van der Waals surface area contributed by atoms with E-state index in [2.05, 4.69) is 6.92 Å². The number of carboxylic acids is 1. The van der Waals surface area contributed by atoms with Gasteiger partial charge in [-0.1, -0.05) is 13.3 Å². The molecule has 1 N–H and O–H groups in total. The maximum Gasteiger partial charge on any atom is 0.345 e. The molecule has 0 spiro atoms. The van der Waals surface area contributed by atoms with Crippen molar-refractivity contribution in [3.63, 3.8) is 0 Å². The summed E-state index contributed by atoms with van der Waals surface area (Å²) >= 11 is 0.953. The van der Waals surface area contributed by atoms with Crippen LogP contribution >= 0.6 is 11.3 Å². The number of carbonyl (C=O) groups is 1. The molecule has 0 radical (unpaired) electrons. The molecule has 1 aromatic rings. The molecule has 2 heterocycles. The highest BCUT2D eigenvalue weighted by Crippen LogP contribution is 2.27. The summed E-state index contributed by atoms with van der Waals surface area (Å²) in [7, 11) is -3.55. The van der Waals surface area contributed by atoms with Crippen LogP contribution in [-0.2, 0) is 10.0 Å². The summed E-state index contributed by atoms with van der Waals surface area (Å²) in [5.74, 6) is -0.495. The zero-order valence-electron chi connectivity index (χ0n) is 11.4. The number of nitrogens with zero attached hydrogens (tertiary/aromatic N) is 1. The van der Waals surface area contributed by atoms with Gasteiger partial charge in [0, 0.05) is 18.5 Å². The SMILES string of the molecule is CCC1CCCN(S(=O)(=O)c2csc(C(=O)O)c2)CC1. The molecule has 1 fully saturated rings. The molecule has 0 saturated carbocycles. The molecule has 0 aromatic carbocycles. The van der Waals surface area contributed by atoms with Gasteiger partial charge in [0.15, 0.2) is 0 Å². The maximum atomic E-state index is 12.5. The highest BCUT2D eigenvalue weighted by atomic mass is 32.2. The van der Waals surface area contributed by atoms with E-state index in [4.69, 9.17) is 5.11 Å². The Balaban J connectivity index is 2.18. The topological polar surface area (TPSA) is 74.7 Å². The third-order valence-corrected chi connectivity index (χ3v) is 6.75. The molecule has 7 heteroatoms. The zero-order chi connectivity index (χ0) is 14.8. The Morgan fingerprint density at radius 1 is 1.45 bits per heavy atom. The summed E-state index contributed by atoms with van der Waals surface area (Å²) < 4.78 is 26.5. The van der Waals surface area contributed by atoms with E-state index in [-0.39, 0.29) is 9.77 Å². The molecule has 20 heavy (non-hydrogen) atoms. The van der Waals surface area contributed by atoms with Gasteiger partial charge in [-0.25, -0.2) is 13.2 Å². The molecule has 1 atom stereocenters. The van der Waals surface area contributed by atoms with Crippen molar-refractivity contribution in [2.75, 3.05) is 13.1 Å². The fourth-order valence-electron chi connectivity index (χ4n) is 2.50. The highest BCUT2D eigenvalue weighted by Gasteiger charge is 2.28. The van der Waals surface area contributed by atoms with Crippen LogP contribution < -0.4 is 0 Å². The largest absolute Gasteiger partial charge is 0.477 e. The second-order valence-corrected chi connectivity index (χ2v) is 7.91.